The van der Waals surface area contributed by atoms with Gasteiger partial charge in [-0.05, 0) is 55.0 Å². The second-order valence-electron chi connectivity index (χ2n) is 6.85. The zero-order valence-electron chi connectivity index (χ0n) is 15.4. The fourth-order valence-corrected chi connectivity index (χ4v) is 2.67. The largest absolute Gasteiger partial charge is 0.480 e. The lowest BCUT2D eigenvalue weighted by atomic mass is 9.97. The van der Waals surface area contributed by atoms with Gasteiger partial charge in [0.15, 0.2) is 0 Å². The number of amides is 1. The van der Waals surface area contributed by atoms with E-state index in [1.54, 1.807) is 24.3 Å². The number of fused-ring (bicyclic) bond motifs is 1. The van der Waals surface area contributed by atoms with E-state index in [0.717, 1.165) is 10.8 Å². The number of carboxylic acid groups (broad SMARTS) is 1. The molecule has 0 radical (unpaired) electrons. The van der Waals surface area contributed by atoms with Crippen molar-refractivity contribution in [3.63, 3.8) is 0 Å². The van der Waals surface area contributed by atoms with E-state index in [9.17, 15) is 19.1 Å². The molecule has 0 bridgehead atoms. The highest BCUT2D eigenvalue weighted by Gasteiger charge is 2.30. The molecule has 3 aromatic rings. The molecule has 2 N–H and O–H groups in total. The lowest BCUT2D eigenvalue weighted by Crippen LogP contribution is -2.49. The number of aliphatic carboxylic acids is 1. The van der Waals surface area contributed by atoms with E-state index in [4.69, 9.17) is 0 Å². The van der Waals surface area contributed by atoms with Crippen LogP contribution in [0.5, 0.6) is 0 Å². The Hall–Kier alpha value is -3.65. The minimum Gasteiger partial charge on any atom is -0.480 e. The molecule has 0 aliphatic heterocycles. The van der Waals surface area contributed by atoms with Crippen molar-refractivity contribution in [3.05, 3.63) is 83.2 Å². The van der Waals surface area contributed by atoms with Gasteiger partial charge in [0.1, 0.15) is 11.4 Å². The molecule has 0 aliphatic carbocycles. The first-order valence-electron chi connectivity index (χ1n) is 8.63. The summed E-state index contributed by atoms with van der Waals surface area (Å²) in [5, 5.41) is 13.5. The van der Waals surface area contributed by atoms with Gasteiger partial charge >= 0.3 is 5.97 Å². The van der Waals surface area contributed by atoms with Crippen molar-refractivity contribution in [1.29, 1.82) is 0 Å². The molecule has 140 valence electrons. The molecule has 3 aromatic carbocycles. The summed E-state index contributed by atoms with van der Waals surface area (Å²) in [6, 6.07) is 16.6. The standard InChI is InChI=1S/C23H18FNO3/c1-23(2,22(27)28)25-21(26)20-14-10-16-5-3-4-6-18(16)19(20)13-9-15-7-11-17(24)12-8-15/h3-8,10-12,14H,1-2H3,(H,25,26)(H,27,28). The van der Waals surface area contributed by atoms with Gasteiger partial charge in [-0.15, -0.1) is 0 Å². The molecule has 0 aromatic heterocycles. The number of carboxylic acids is 1. The van der Waals surface area contributed by atoms with Gasteiger partial charge in [-0.3, -0.25) is 4.79 Å². The molecule has 0 unspecified atom stereocenters. The highest BCUT2D eigenvalue weighted by atomic mass is 19.1. The van der Waals surface area contributed by atoms with Gasteiger partial charge in [0, 0.05) is 11.1 Å². The van der Waals surface area contributed by atoms with Gasteiger partial charge in [0.25, 0.3) is 5.91 Å². The molecule has 1 amide bonds. The van der Waals surface area contributed by atoms with Gasteiger partial charge < -0.3 is 10.4 Å². The maximum Gasteiger partial charge on any atom is 0.328 e. The van der Waals surface area contributed by atoms with E-state index in [-0.39, 0.29) is 11.4 Å². The van der Waals surface area contributed by atoms with Crippen LogP contribution in [0, 0.1) is 17.7 Å². The van der Waals surface area contributed by atoms with E-state index in [2.05, 4.69) is 17.2 Å². The maximum atomic E-state index is 13.1. The number of benzene rings is 3. The van der Waals surface area contributed by atoms with E-state index in [1.807, 2.05) is 24.3 Å². The summed E-state index contributed by atoms with van der Waals surface area (Å²) in [7, 11) is 0. The minimum absolute atomic E-state index is 0.280. The highest BCUT2D eigenvalue weighted by Crippen LogP contribution is 2.23. The Kier molecular flexibility index (Phi) is 5.14. The first-order valence-corrected chi connectivity index (χ1v) is 8.63. The van der Waals surface area contributed by atoms with Crippen LogP contribution >= 0.6 is 0 Å². The molecule has 0 saturated heterocycles. The molecule has 0 aliphatic rings. The smallest absolute Gasteiger partial charge is 0.328 e. The van der Waals surface area contributed by atoms with Crippen LogP contribution in [-0.2, 0) is 4.79 Å². The van der Waals surface area contributed by atoms with Crippen LogP contribution in [0.4, 0.5) is 4.39 Å². The van der Waals surface area contributed by atoms with Crippen molar-refractivity contribution >= 4 is 22.6 Å². The van der Waals surface area contributed by atoms with Crippen molar-refractivity contribution in [1.82, 2.24) is 5.32 Å². The van der Waals surface area contributed by atoms with E-state index < -0.39 is 17.4 Å². The molecular weight excluding hydrogens is 357 g/mol. The molecule has 5 heteroatoms. The van der Waals surface area contributed by atoms with Crippen LogP contribution in [0.1, 0.15) is 35.3 Å². The van der Waals surface area contributed by atoms with E-state index in [0.29, 0.717) is 11.1 Å². The van der Waals surface area contributed by atoms with Crippen molar-refractivity contribution in [3.8, 4) is 11.8 Å². The average molecular weight is 375 g/mol. The lowest BCUT2D eigenvalue weighted by molar-refractivity contribution is -0.143. The second-order valence-corrected chi connectivity index (χ2v) is 6.85. The summed E-state index contributed by atoms with van der Waals surface area (Å²) in [5.41, 5.74) is -0.0556. The van der Waals surface area contributed by atoms with Crippen molar-refractivity contribution in [2.24, 2.45) is 0 Å². The van der Waals surface area contributed by atoms with Crippen molar-refractivity contribution < 1.29 is 19.1 Å². The number of hydrogen-bond acceptors (Lipinski definition) is 2. The van der Waals surface area contributed by atoms with Gasteiger partial charge in [-0.25, -0.2) is 9.18 Å². The highest BCUT2D eigenvalue weighted by molar-refractivity contribution is 6.04. The zero-order valence-corrected chi connectivity index (χ0v) is 15.4. The van der Waals surface area contributed by atoms with Gasteiger partial charge in [-0.2, -0.15) is 0 Å². The monoisotopic (exact) mass is 375 g/mol. The molecule has 0 spiro atoms. The third-order valence-corrected chi connectivity index (χ3v) is 4.31. The summed E-state index contributed by atoms with van der Waals surface area (Å²) in [5.74, 6) is 3.94. The van der Waals surface area contributed by atoms with Crippen LogP contribution in [0.2, 0.25) is 0 Å². The Balaban J connectivity index is 2.11. The second kappa shape index (κ2) is 7.53. The average Bonchev–Trinajstić information content (AvgIpc) is 2.66. The Morgan fingerprint density at radius 1 is 0.964 bits per heavy atom. The van der Waals surface area contributed by atoms with E-state index in [1.165, 1.54) is 26.0 Å². The number of carbonyl (C=O) groups excluding carboxylic acids is 1. The fraction of sp³-hybridized carbons (Fsp3) is 0.130. The summed E-state index contributed by atoms with van der Waals surface area (Å²) in [6.45, 7) is 2.83. The van der Waals surface area contributed by atoms with Crippen LogP contribution in [-0.4, -0.2) is 22.5 Å². The van der Waals surface area contributed by atoms with Crippen LogP contribution < -0.4 is 5.32 Å². The SMILES string of the molecule is CC(C)(NC(=O)c1ccc2ccccc2c1C#Cc1ccc(F)cc1)C(=O)O. The summed E-state index contributed by atoms with van der Waals surface area (Å²) in [4.78, 5) is 24.1. The van der Waals surface area contributed by atoms with E-state index >= 15 is 0 Å². The van der Waals surface area contributed by atoms with Crippen LogP contribution in [0.25, 0.3) is 10.8 Å². The molecule has 28 heavy (non-hydrogen) atoms. The maximum absolute atomic E-state index is 13.1. The predicted molar refractivity (Wildman–Crippen MR) is 106 cm³/mol. The van der Waals surface area contributed by atoms with Crippen molar-refractivity contribution in [2.75, 3.05) is 0 Å². The number of rotatable bonds is 3. The first-order chi connectivity index (χ1) is 13.3. The van der Waals surface area contributed by atoms with Gasteiger partial charge in [0.2, 0.25) is 0 Å². The summed E-state index contributed by atoms with van der Waals surface area (Å²) >= 11 is 0. The molecule has 0 saturated carbocycles. The van der Waals surface area contributed by atoms with Crippen molar-refractivity contribution in [2.45, 2.75) is 19.4 Å². The number of nitrogens with one attached hydrogen (secondary N) is 1. The summed E-state index contributed by atoms with van der Waals surface area (Å²) < 4.78 is 13.1. The van der Waals surface area contributed by atoms with Gasteiger partial charge in [0.05, 0.1) is 5.56 Å². The molecule has 0 heterocycles. The third kappa shape index (κ3) is 4.02. The normalized spacial score (nSPS) is 10.8. The number of carbonyl (C=O) groups is 2. The van der Waals surface area contributed by atoms with Gasteiger partial charge in [-0.1, -0.05) is 42.2 Å². The fourth-order valence-electron chi connectivity index (χ4n) is 2.67. The van der Waals surface area contributed by atoms with Crippen LogP contribution in [0.3, 0.4) is 0 Å². The molecular formula is C23H18FNO3. The third-order valence-electron chi connectivity index (χ3n) is 4.31. The molecule has 0 atom stereocenters. The summed E-state index contributed by atoms with van der Waals surface area (Å²) in [6.07, 6.45) is 0. The minimum atomic E-state index is -1.43. The predicted octanol–water partition coefficient (Wildman–Crippen LogP) is 3.97. The number of halogens is 1. The number of hydrogen-bond donors (Lipinski definition) is 2. The Labute approximate surface area is 162 Å². The van der Waals surface area contributed by atoms with Crippen LogP contribution in [0.15, 0.2) is 60.7 Å². The molecule has 4 nitrogen and oxygen atoms in total. The topological polar surface area (TPSA) is 66.4 Å². The quantitative estimate of drug-likeness (QED) is 0.681. The molecule has 0 fully saturated rings. The zero-order chi connectivity index (χ0) is 20.3. The molecule has 3 rings (SSSR count). The lowest BCUT2D eigenvalue weighted by Gasteiger charge is -2.21. The Morgan fingerprint density at radius 2 is 1.64 bits per heavy atom. The Bertz CT molecular complexity index is 1120. The Morgan fingerprint density at radius 3 is 2.32 bits per heavy atom. The first kappa shape index (κ1) is 19.1.